The standard InChI is InChI=1S/C6H5N3.CH2O3/c1-2-8-6-3-7-4-9-5(1)6;2-1(3)4/h1-4H,(H,7,9);(H2,2,3,4). The lowest BCUT2D eigenvalue weighted by Crippen LogP contribution is -1.81. The minimum Gasteiger partial charge on any atom is -0.450 e. The number of aromatic amines is 1. The molecule has 2 aliphatic rings. The van der Waals surface area contributed by atoms with Crippen molar-refractivity contribution in [2.45, 2.75) is 0 Å². The van der Waals surface area contributed by atoms with Gasteiger partial charge < -0.3 is 15.2 Å². The van der Waals surface area contributed by atoms with Crippen molar-refractivity contribution in [1.29, 1.82) is 0 Å². The molecule has 0 bridgehead atoms. The van der Waals surface area contributed by atoms with E-state index in [1.807, 2.05) is 6.07 Å². The Morgan fingerprint density at radius 2 is 2.15 bits per heavy atom. The molecule has 2 heterocycles. The van der Waals surface area contributed by atoms with Gasteiger partial charge in [-0.05, 0) is 6.07 Å². The van der Waals surface area contributed by atoms with Crippen LogP contribution < -0.4 is 0 Å². The van der Waals surface area contributed by atoms with Crippen LogP contribution in [0.4, 0.5) is 4.79 Å². The van der Waals surface area contributed by atoms with Crippen LogP contribution in [0.2, 0.25) is 0 Å². The van der Waals surface area contributed by atoms with Crippen LogP contribution in [-0.2, 0) is 0 Å². The van der Waals surface area contributed by atoms with Gasteiger partial charge in [-0.3, -0.25) is 4.98 Å². The highest BCUT2D eigenvalue weighted by molar-refractivity contribution is 5.53. The first-order valence-electron chi connectivity index (χ1n) is 3.35. The van der Waals surface area contributed by atoms with Gasteiger partial charge in [-0.2, -0.15) is 0 Å². The summed E-state index contributed by atoms with van der Waals surface area (Å²) in [5.74, 6) is 0. The van der Waals surface area contributed by atoms with Gasteiger partial charge in [0.2, 0.25) is 0 Å². The minimum atomic E-state index is -1.83. The van der Waals surface area contributed by atoms with E-state index in [0.717, 1.165) is 11.4 Å². The lowest BCUT2D eigenvalue weighted by molar-refractivity contribution is 0.137. The zero-order valence-electron chi connectivity index (χ0n) is 6.51. The number of carboxylic acid groups (broad SMARTS) is 2. The van der Waals surface area contributed by atoms with Crippen LogP contribution in [0.1, 0.15) is 0 Å². The highest BCUT2D eigenvalue weighted by atomic mass is 16.6. The van der Waals surface area contributed by atoms with Gasteiger partial charge in [0.05, 0.1) is 18.2 Å². The molecule has 6 nitrogen and oxygen atoms in total. The summed E-state index contributed by atoms with van der Waals surface area (Å²) in [6, 6.07) is 1.91. The molecule has 0 saturated carbocycles. The fraction of sp³-hybridized carbons (Fsp3) is 0. The average molecular weight is 181 g/mol. The lowest BCUT2D eigenvalue weighted by Gasteiger charge is -1.91. The number of aromatic nitrogens is 3. The summed E-state index contributed by atoms with van der Waals surface area (Å²) in [5, 5.41) is 13.9. The molecule has 0 unspecified atom stereocenters. The number of rotatable bonds is 0. The Morgan fingerprint density at radius 3 is 2.77 bits per heavy atom. The normalized spacial score (nSPS) is 8.92. The first-order valence-corrected chi connectivity index (χ1v) is 3.35. The van der Waals surface area contributed by atoms with Crippen LogP contribution in [0.25, 0.3) is 11.4 Å². The highest BCUT2D eigenvalue weighted by Gasteiger charge is 1.98. The van der Waals surface area contributed by atoms with E-state index >= 15 is 0 Å². The minimum absolute atomic E-state index is 0.914. The molecule has 0 aromatic heterocycles. The molecule has 13 heavy (non-hydrogen) atoms. The smallest absolute Gasteiger partial charge is 0.450 e. The molecular formula is C7H7N3O3. The lowest BCUT2D eigenvalue weighted by atomic mass is 10.3. The second-order valence-corrected chi connectivity index (χ2v) is 2.08. The molecule has 0 radical (unpaired) electrons. The molecule has 68 valence electrons. The van der Waals surface area contributed by atoms with E-state index in [9.17, 15) is 0 Å². The van der Waals surface area contributed by atoms with Crippen LogP contribution in [0.5, 0.6) is 0 Å². The highest BCUT2D eigenvalue weighted by Crippen LogP contribution is 2.12. The molecule has 2 rings (SSSR count). The third-order valence-corrected chi connectivity index (χ3v) is 1.22. The van der Waals surface area contributed by atoms with Gasteiger partial charge in [-0.15, -0.1) is 0 Å². The van der Waals surface area contributed by atoms with Crippen LogP contribution >= 0.6 is 0 Å². The molecule has 0 spiro atoms. The van der Waals surface area contributed by atoms with E-state index in [0.29, 0.717) is 0 Å². The predicted molar refractivity (Wildman–Crippen MR) is 43.7 cm³/mol. The Kier molecular flexibility index (Phi) is 2.80. The van der Waals surface area contributed by atoms with Crippen molar-refractivity contribution in [2.24, 2.45) is 0 Å². The quantitative estimate of drug-likeness (QED) is 0.565. The van der Waals surface area contributed by atoms with Crippen molar-refractivity contribution >= 4 is 6.16 Å². The number of nitrogens with one attached hydrogen (secondary N) is 1. The molecule has 3 N–H and O–H groups in total. The Balaban J connectivity index is 0.000000184. The summed E-state index contributed by atoms with van der Waals surface area (Å²) in [6.45, 7) is 0. The van der Waals surface area contributed by atoms with E-state index in [4.69, 9.17) is 15.0 Å². The molecule has 0 aromatic carbocycles. The maximum absolute atomic E-state index is 8.56. The molecule has 0 aromatic rings. The molecule has 0 atom stereocenters. The Labute approximate surface area is 73.2 Å². The zero-order valence-corrected chi connectivity index (χ0v) is 6.51. The van der Waals surface area contributed by atoms with Gasteiger partial charge >= 0.3 is 6.16 Å². The molecule has 0 amide bonds. The van der Waals surface area contributed by atoms with Gasteiger partial charge in [0.1, 0.15) is 5.69 Å². The monoisotopic (exact) mass is 181 g/mol. The predicted octanol–water partition coefficient (Wildman–Crippen LogP) is 1.13. The summed E-state index contributed by atoms with van der Waals surface area (Å²) >= 11 is 0. The molecule has 0 fully saturated rings. The number of fused-ring (bicyclic) bond motifs is 1. The SMILES string of the molecule is O=C(O)O.c1cc2[nH]cncc-2n1. The van der Waals surface area contributed by atoms with Crippen LogP contribution in [0.3, 0.4) is 0 Å². The Bertz CT molecular complexity index is 329. The van der Waals surface area contributed by atoms with Crippen molar-refractivity contribution in [3.63, 3.8) is 0 Å². The number of carbonyl (C=O) groups is 1. The van der Waals surface area contributed by atoms with Gasteiger partial charge in [0, 0.05) is 6.20 Å². The zero-order chi connectivity index (χ0) is 9.68. The fourth-order valence-corrected chi connectivity index (χ4v) is 0.787. The van der Waals surface area contributed by atoms with Crippen molar-refractivity contribution in [3.8, 4) is 11.4 Å². The van der Waals surface area contributed by atoms with Crippen molar-refractivity contribution in [3.05, 3.63) is 24.8 Å². The summed E-state index contributed by atoms with van der Waals surface area (Å²) in [7, 11) is 0. The van der Waals surface area contributed by atoms with Gasteiger partial charge in [-0.25, -0.2) is 9.78 Å². The Morgan fingerprint density at radius 1 is 1.46 bits per heavy atom. The molecular weight excluding hydrogens is 174 g/mol. The van der Waals surface area contributed by atoms with Gasteiger partial charge in [0.15, 0.2) is 0 Å². The second kappa shape index (κ2) is 4.05. The van der Waals surface area contributed by atoms with Crippen molar-refractivity contribution in [2.75, 3.05) is 0 Å². The number of H-pyrrole nitrogens is 1. The average Bonchev–Trinajstić information content (AvgIpc) is 2.49. The number of hydrogen-bond donors (Lipinski definition) is 3. The Hall–Kier alpha value is -2.11. The second-order valence-electron chi connectivity index (χ2n) is 2.08. The first kappa shape index (κ1) is 8.98. The third kappa shape index (κ3) is 2.78. The molecule has 2 aliphatic heterocycles. The summed E-state index contributed by atoms with van der Waals surface area (Å²) in [5.41, 5.74) is 1.95. The van der Waals surface area contributed by atoms with E-state index in [2.05, 4.69) is 15.0 Å². The molecule has 0 saturated heterocycles. The van der Waals surface area contributed by atoms with Crippen molar-refractivity contribution < 1.29 is 15.0 Å². The number of hydrogen-bond acceptors (Lipinski definition) is 3. The van der Waals surface area contributed by atoms with Crippen LogP contribution in [-0.4, -0.2) is 31.3 Å². The molecule has 0 aliphatic carbocycles. The van der Waals surface area contributed by atoms with E-state index in [1.165, 1.54) is 0 Å². The maximum atomic E-state index is 8.56. The van der Waals surface area contributed by atoms with Crippen LogP contribution in [0, 0.1) is 0 Å². The third-order valence-electron chi connectivity index (χ3n) is 1.22. The maximum Gasteiger partial charge on any atom is 0.503 e. The van der Waals surface area contributed by atoms with E-state index < -0.39 is 6.16 Å². The van der Waals surface area contributed by atoms with Gasteiger partial charge in [-0.1, -0.05) is 0 Å². The molecule has 6 heteroatoms. The number of nitrogens with zero attached hydrogens (tertiary/aromatic N) is 2. The van der Waals surface area contributed by atoms with Gasteiger partial charge in [0.25, 0.3) is 0 Å². The van der Waals surface area contributed by atoms with Crippen molar-refractivity contribution in [1.82, 2.24) is 15.0 Å². The summed E-state index contributed by atoms with van der Waals surface area (Å²) in [6.07, 6.45) is 3.29. The van der Waals surface area contributed by atoms with E-state index in [-0.39, 0.29) is 0 Å². The summed E-state index contributed by atoms with van der Waals surface area (Å²) < 4.78 is 0. The first-order chi connectivity index (χ1) is 6.20. The fourth-order valence-electron chi connectivity index (χ4n) is 0.787. The topological polar surface area (TPSA) is 99.1 Å². The summed E-state index contributed by atoms with van der Waals surface area (Å²) in [4.78, 5) is 19.4. The van der Waals surface area contributed by atoms with Crippen LogP contribution in [0.15, 0.2) is 24.8 Å². The van der Waals surface area contributed by atoms with E-state index in [1.54, 1.807) is 18.7 Å². The largest absolute Gasteiger partial charge is 0.503 e.